The van der Waals surface area contributed by atoms with Crippen LogP contribution < -0.4 is 0 Å². The van der Waals surface area contributed by atoms with Crippen molar-refractivity contribution in [2.75, 3.05) is 0 Å². The molecule has 1 saturated carbocycles. The van der Waals surface area contributed by atoms with Gasteiger partial charge in [0.1, 0.15) is 5.82 Å². The van der Waals surface area contributed by atoms with Crippen LogP contribution in [-0.4, -0.2) is 10.1 Å². The first-order valence-electron chi connectivity index (χ1n) is 7.17. The Kier molecular flexibility index (Phi) is 4.09. The van der Waals surface area contributed by atoms with Crippen LogP contribution in [0.3, 0.4) is 0 Å². The van der Waals surface area contributed by atoms with Crippen LogP contribution in [0.4, 0.5) is 4.39 Å². The molecule has 1 aromatic carbocycles. The molecule has 1 heterocycles. The molecule has 105 valence electrons. The summed E-state index contributed by atoms with van der Waals surface area (Å²) in [5, 5.41) is 4.01. The van der Waals surface area contributed by atoms with Gasteiger partial charge in [-0.15, -0.1) is 0 Å². The zero-order valence-corrected chi connectivity index (χ0v) is 11.4. The quantitative estimate of drug-likeness (QED) is 0.852. The average molecular weight is 273 g/mol. The number of halogens is 1. The number of benzene rings is 1. The summed E-state index contributed by atoms with van der Waals surface area (Å²) in [6.07, 6.45) is 8.64. The zero-order chi connectivity index (χ0) is 13.8. The molecule has 0 unspecified atom stereocenters. The molecule has 1 fully saturated rings. The van der Waals surface area contributed by atoms with Gasteiger partial charge in [0.05, 0.1) is 0 Å². The van der Waals surface area contributed by atoms with E-state index in [0.29, 0.717) is 18.2 Å². The van der Waals surface area contributed by atoms with Gasteiger partial charge in [-0.2, -0.15) is 4.98 Å². The summed E-state index contributed by atoms with van der Waals surface area (Å²) in [5.41, 5.74) is 0.992. The predicted octanol–water partition coefficient (Wildman–Crippen LogP) is 3.74. The molecule has 2 aromatic rings. The Morgan fingerprint density at radius 1 is 1.15 bits per heavy atom. The van der Waals surface area contributed by atoms with Crippen LogP contribution >= 0.6 is 0 Å². The number of rotatable bonds is 4. The SMILES string of the molecule is Fc1ccc(Cc2noc(CC3CC[CH]CC3)n2)cc1. The first-order chi connectivity index (χ1) is 9.79. The molecule has 0 bridgehead atoms. The van der Waals surface area contributed by atoms with E-state index in [9.17, 15) is 4.39 Å². The van der Waals surface area contributed by atoms with Gasteiger partial charge in [-0.25, -0.2) is 4.39 Å². The second kappa shape index (κ2) is 6.16. The fourth-order valence-electron chi connectivity index (χ4n) is 2.68. The van der Waals surface area contributed by atoms with Crippen molar-refractivity contribution in [2.45, 2.75) is 38.5 Å². The van der Waals surface area contributed by atoms with E-state index in [4.69, 9.17) is 4.52 Å². The Morgan fingerprint density at radius 2 is 1.90 bits per heavy atom. The van der Waals surface area contributed by atoms with E-state index in [1.807, 2.05) is 0 Å². The third-order valence-electron chi connectivity index (χ3n) is 3.81. The zero-order valence-electron chi connectivity index (χ0n) is 11.4. The van der Waals surface area contributed by atoms with Crippen molar-refractivity contribution in [2.24, 2.45) is 5.92 Å². The van der Waals surface area contributed by atoms with Crippen molar-refractivity contribution in [3.8, 4) is 0 Å². The van der Waals surface area contributed by atoms with E-state index >= 15 is 0 Å². The highest BCUT2D eigenvalue weighted by atomic mass is 19.1. The van der Waals surface area contributed by atoms with Crippen molar-refractivity contribution in [1.82, 2.24) is 10.1 Å². The molecule has 0 amide bonds. The highest BCUT2D eigenvalue weighted by Crippen LogP contribution is 2.25. The van der Waals surface area contributed by atoms with Crippen molar-refractivity contribution < 1.29 is 8.91 Å². The molecule has 0 saturated heterocycles. The number of nitrogens with zero attached hydrogens (tertiary/aromatic N) is 2. The van der Waals surface area contributed by atoms with Gasteiger partial charge in [-0.1, -0.05) is 17.3 Å². The highest BCUT2D eigenvalue weighted by Gasteiger charge is 2.17. The number of hydrogen-bond donors (Lipinski definition) is 0. The normalized spacial score (nSPS) is 16.4. The van der Waals surface area contributed by atoms with E-state index in [1.165, 1.54) is 37.8 Å². The largest absolute Gasteiger partial charge is 0.339 e. The molecule has 0 aliphatic heterocycles. The molecule has 3 nitrogen and oxygen atoms in total. The predicted molar refractivity (Wildman–Crippen MR) is 73.5 cm³/mol. The molecule has 1 aliphatic carbocycles. The maximum atomic E-state index is 12.8. The minimum atomic E-state index is -0.225. The molecule has 3 rings (SSSR count). The average Bonchev–Trinajstić information content (AvgIpc) is 2.90. The van der Waals surface area contributed by atoms with Gasteiger partial charge >= 0.3 is 0 Å². The lowest BCUT2D eigenvalue weighted by Gasteiger charge is -2.19. The lowest BCUT2D eigenvalue weighted by Crippen LogP contribution is -2.09. The van der Waals surface area contributed by atoms with Gasteiger partial charge in [-0.05, 0) is 55.7 Å². The Bertz CT molecular complexity index is 544. The van der Waals surface area contributed by atoms with Crippen LogP contribution in [0.5, 0.6) is 0 Å². The molecule has 4 heteroatoms. The lowest BCUT2D eigenvalue weighted by molar-refractivity contribution is 0.322. The van der Waals surface area contributed by atoms with E-state index in [-0.39, 0.29) is 5.82 Å². The van der Waals surface area contributed by atoms with Crippen LogP contribution in [0.15, 0.2) is 28.8 Å². The van der Waals surface area contributed by atoms with Crippen LogP contribution in [0.1, 0.15) is 43.0 Å². The summed E-state index contributed by atoms with van der Waals surface area (Å²) < 4.78 is 18.2. The second-order valence-corrected chi connectivity index (χ2v) is 5.42. The van der Waals surface area contributed by atoms with Gasteiger partial charge in [0, 0.05) is 12.8 Å². The summed E-state index contributed by atoms with van der Waals surface area (Å²) in [6, 6.07) is 6.41. The smallest absolute Gasteiger partial charge is 0.226 e. The van der Waals surface area contributed by atoms with Crippen LogP contribution in [0.25, 0.3) is 0 Å². The Labute approximate surface area is 118 Å². The summed E-state index contributed by atoms with van der Waals surface area (Å²) >= 11 is 0. The topological polar surface area (TPSA) is 38.9 Å². The third-order valence-corrected chi connectivity index (χ3v) is 3.81. The molecular formula is C16H18FN2O. The summed E-state index contributed by atoms with van der Waals surface area (Å²) in [4.78, 5) is 4.44. The van der Waals surface area contributed by atoms with Crippen molar-refractivity contribution in [3.63, 3.8) is 0 Å². The van der Waals surface area contributed by atoms with E-state index in [0.717, 1.165) is 17.9 Å². The van der Waals surface area contributed by atoms with Crippen molar-refractivity contribution in [3.05, 3.63) is 53.8 Å². The molecule has 1 aliphatic rings. The maximum absolute atomic E-state index is 12.8. The summed E-state index contributed by atoms with van der Waals surface area (Å²) in [5.74, 6) is 1.85. The van der Waals surface area contributed by atoms with Gasteiger partial charge in [0.2, 0.25) is 5.89 Å². The van der Waals surface area contributed by atoms with Crippen LogP contribution in [0, 0.1) is 18.2 Å². The Balaban J connectivity index is 1.60. The third kappa shape index (κ3) is 3.44. The first-order valence-corrected chi connectivity index (χ1v) is 7.17. The molecule has 20 heavy (non-hydrogen) atoms. The van der Waals surface area contributed by atoms with Gasteiger partial charge in [-0.3, -0.25) is 0 Å². The van der Waals surface area contributed by atoms with Crippen LogP contribution in [-0.2, 0) is 12.8 Å². The van der Waals surface area contributed by atoms with E-state index in [1.54, 1.807) is 12.1 Å². The molecule has 0 N–H and O–H groups in total. The Hall–Kier alpha value is -1.71. The maximum Gasteiger partial charge on any atom is 0.226 e. The molecule has 1 aromatic heterocycles. The summed E-state index contributed by atoms with van der Waals surface area (Å²) in [7, 11) is 0. The van der Waals surface area contributed by atoms with Gasteiger partial charge in [0.15, 0.2) is 5.82 Å². The fraction of sp³-hybridized carbons (Fsp3) is 0.438. The lowest BCUT2D eigenvalue weighted by atomic mass is 9.87. The molecule has 1 radical (unpaired) electrons. The minimum absolute atomic E-state index is 0.225. The van der Waals surface area contributed by atoms with Crippen molar-refractivity contribution >= 4 is 0 Å². The van der Waals surface area contributed by atoms with Gasteiger partial charge < -0.3 is 4.52 Å². The fourth-order valence-corrected chi connectivity index (χ4v) is 2.68. The number of aromatic nitrogens is 2. The first kappa shape index (κ1) is 13.3. The standard InChI is InChI=1S/C16H18FN2O/c17-14-8-6-13(7-9-14)10-15-18-16(20-19-15)11-12-4-2-1-3-5-12/h1,6-9,12H,2-5,10-11H2. The highest BCUT2D eigenvalue weighted by molar-refractivity contribution is 5.19. The van der Waals surface area contributed by atoms with E-state index < -0.39 is 0 Å². The van der Waals surface area contributed by atoms with Gasteiger partial charge in [0.25, 0.3) is 0 Å². The monoisotopic (exact) mass is 273 g/mol. The number of hydrogen-bond acceptors (Lipinski definition) is 3. The van der Waals surface area contributed by atoms with Crippen LogP contribution in [0.2, 0.25) is 0 Å². The molecule has 0 spiro atoms. The van der Waals surface area contributed by atoms with E-state index in [2.05, 4.69) is 16.6 Å². The second-order valence-electron chi connectivity index (χ2n) is 5.42. The molecule has 0 atom stereocenters. The Morgan fingerprint density at radius 3 is 2.65 bits per heavy atom. The molecular weight excluding hydrogens is 255 g/mol. The minimum Gasteiger partial charge on any atom is -0.339 e. The van der Waals surface area contributed by atoms with Crippen molar-refractivity contribution in [1.29, 1.82) is 0 Å². The summed E-state index contributed by atoms with van der Waals surface area (Å²) in [6.45, 7) is 0.